The maximum Gasteiger partial charge on any atom is -0.000791 e. The Hall–Kier alpha value is -0.820. The van der Waals surface area contributed by atoms with Crippen LogP contribution in [0.3, 0.4) is 0 Å². The van der Waals surface area contributed by atoms with Crippen molar-refractivity contribution in [3.05, 3.63) is 34.9 Å². The van der Waals surface area contributed by atoms with Gasteiger partial charge in [0.25, 0.3) is 0 Å². The van der Waals surface area contributed by atoms with E-state index in [0.29, 0.717) is 11.8 Å². The van der Waals surface area contributed by atoms with Crippen LogP contribution in [0.5, 0.6) is 0 Å². The van der Waals surface area contributed by atoms with Gasteiger partial charge < -0.3 is 5.73 Å². The van der Waals surface area contributed by atoms with E-state index in [2.05, 4.69) is 32.0 Å². The van der Waals surface area contributed by atoms with Gasteiger partial charge in [-0.2, -0.15) is 0 Å². The molecule has 0 saturated heterocycles. The normalized spacial score (nSPS) is 26.1. The minimum atomic E-state index is 0.602. The van der Waals surface area contributed by atoms with Crippen molar-refractivity contribution in [2.75, 3.05) is 6.54 Å². The van der Waals surface area contributed by atoms with Crippen molar-refractivity contribution >= 4 is 0 Å². The maximum absolute atomic E-state index is 5.76. The van der Waals surface area contributed by atoms with E-state index in [-0.39, 0.29) is 0 Å². The zero-order valence-corrected chi connectivity index (χ0v) is 8.38. The summed E-state index contributed by atoms with van der Waals surface area (Å²) >= 11 is 0. The summed E-state index contributed by atoms with van der Waals surface area (Å²) in [5.41, 5.74) is 10.2. The quantitative estimate of drug-likeness (QED) is 0.697. The Labute approximate surface area is 80.0 Å². The van der Waals surface area contributed by atoms with Crippen LogP contribution in [0.15, 0.2) is 18.2 Å². The van der Waals surface area contributed by atoms with Gasteiger partial charge in [0.1, 0.15) is 0 Å². The highest BCUT2D eigenvalue weighted by atomic mass is 14.6. The molecule has 0 bridgehead atoms. The molecule has 1 aliphatic carbocycles. The number of rotatable bonds is 1. The zero-order valence-electron chi connectivity index (χ0n) is 8.38. The summed E-state index contributed by atoms with van der Waals surface area (Å²) in [6, 6.07) is 6.59. The molecule has 1 heteroatoms. The predicted octanol–water partition coefficient (Wildman–Crippen LogP) is 2.54. The molecule has 1 nitrogen and oxygen atoms in total. The zero-order chi connectivity index (χ0) is 9.42. The van der Waals surface area contributed by atoms with Gasteiger partial charge in [0.2, 0.25) is 0 Å². The van der Waals surface area contributed by atoms with Crippen LogP contribution in [0.25, 0.3) is 0 Å². The van der Waals surface area contributed by atoms with Crippen molar-refractivity contribution in [3.8, 4) is 0 Å². The first-order valence-electron chi connectivity index (χ1n) is 5.03. The van der Waals surface area contributed by atoms with Crippen LogP contribution in [-0.2, 0) is 0 Å². The number of fused-ring (bicyclic) bond motifs is 1. The van der Waals surface area contributed by atoms with Crippen LogP contribution in [-0.4, -0.2) is 6.54 Å². The molecule has 2 atom stereocenters. The van der Waals surface area contributed by atoms with Crippen LogP contribution < -0.4 is 5.73 Å². The van der Waals surface area contributed by atoms with E-state index in [1.54, 1.807) is 5.56 Å². The third-order valence-corrected chi connectivity index (χ3v) is 3.21. The third-order valence-electron chi connectivity index (χ3n) is 3.21. The van der Waals surface area contributed by atoms with Crippen LogP contribution in [0.4, 0.5) is 0 Å². The van der Waals surface area contributed by atoms with Gasteiger partial charge in [-0.25, -0.2) is 0 Å². The van der Waals surface area contributed by atoms with Crippen molar-refractivity contribution in [1.29, 1.82) is 0 Å². The maximum atomic E-state index is 5.76. The number of hydrogen-bond donors (Lipinski definition) is 1. The van der Waals surface area contributed by atoms with E-state index in [1.807, 2.05) is 0 Å². The van der Waals surface area contributed by atoms with E-state index < -0.39 is 0 Å². The Balaban J connectivity index is 2.51. The van der Waals surface area contributed by atoms with Gasteiger partial charge in [-0.3, -0.25) is 0 Å². The molecule has 0 aromatic heterocycles. The summed E-state index contributed by atoms with van der Waals surface area (Å²) in [5.74, 6) is 1.30. The van der Waals surface area contributed by atoms with Crippen molar-refractivity contribution in [2.24, 2.45) is 5.73 Å². The molecular weight excluding hydrogens is 158 g/mol. The second kappa shape index (κ2) is 3.15. The van der Waals surface area contributed by atoms with Crippen LogP contribution in [0, 0.1) is 6.92 Å². The van der Waals surface area contributed by atoms with Gasteiger partial charge in [-0.15, -0.1) is 0 Å². The van der Waals surface area contributed by atoms with Crippen LogP contribution >= 0.6 is 0 Å². The molecule has 2 rings (SSSR count). The Morgan fingerprint density at radius 1 is 1.46 bits per heavy atom. The van der Waals surface area contributed by atoms with Gasteiger partial charge in [0.05, 0.1) is 0 Å². The number of nitrogens with two attached hydrogens (primary N) is 1. The Kier molecular flexibility index (Phi) is 2.12. The molecule has 13 heavy (non-hydrogen) atoms. The van der Waals surface area contributed by atoms with Crippen LogP contribution in [0.2, 0.25) is 0 Å². The molecule has 1 aromatic carbocycles. The number of hydrogen-bond acceptors (Lipinski definition) is 1. The average Bonchev–Trinajstić information content (AvgIpc) is 2.44. The molecule has 0 heterocycles. The summed E-state index contributed by atoms with van der Waals surface area (Å²) in [7, 11) is 0. The summed E-state index contributed by atoms with van der Waals surface area (Å²) in [6.07, 6.45) is 1.23. The summed E-state index contributed by atoms with van der Waals surface area (Å²) in [5, 5.41) is 0. The van der Waals surface area contributed by atoms with E-state index in [0.717, 1.165) is 6.54 Å². The second-order valence-corrected chi connectivity index (χ2v) is 4.15. The lowest BCUT2D eigenvalue weighted by Crippen LogP contribution is -2.09. The Morgan fingerprint density at radius 2 is 2.23 bits per heavy atom. The van der Waals surface area contributed by atoms with E-state index >= 15 is 0 Å². The highest BCUT2D eigenvalue weighted by Gasteiger charge is 2.27. The molecule has 1 aromatic rings. The van der Waals surface area contributed by atoms with E-state index in [9.17, 15) is 0 Å². The van der Waals surface area contributed by atoms with Gasteiger partial charge in [0, 0.05) is 0 Å². The molecular formula is C12H17N. The lowest BCUT2D eigenvalue weighted by Gasteiger charge is -2.08. The fraction of sp³-hybridized carbons (Fsp3) is 0.500. The third kappa shape index (κ3) is 1.28. The first kappa shape index (κ1) is 8.76. The molecule has 0 fully saturated rings. The van der Waals surface area contributed by atoms with Crippen molar-refractivity contribution in [3.63, 3.8) is 0 Å². The lowest BCUT2D eigenvalue weighted by molar-refractivity contribution is 0.625. The van der Waals surface area contributed by atoms with Crippen molar-refractivity contribution in [2.45, 2.75) is 32.1 Å². The van der Waals surface area contributed by atoms with Gasteiger partial charge >= 0.3 is 0 Å². The van der Waals surface area contributed by atoms with Crippen molar-refractivity contribution in [1.82, 2.24) is 0 Å². The second-order valence-electron chi connectivity index (χ2n) is 4.15. The standard InChI is InChI=1S/C12H17N/c1-8-4-3-5-11-10(7-13)6-9(2)12(8)11/h3-5,9-10H,6-7,13H2,1-2H3. The van der Waals surface area contributed by atoms with Crippen molar-refractivity contribution < 1.29 is 0 Å². The molecule has 1 aliphatic rings. The topological polar surface area (TPSA) is 26.0 Å². The molecule has 70 valence electrons. The van der Waals surface area contributed by atoms with Gasteiger partial charge in [0.15, 0.2) is 0 Å². The predicted molar refractivity (Wildman–Crippen MR) is 56.0 cm³/mol. The SMILES string of the molecule is Cc1cccc2c1C(C)CC2CN. The number of aryl methyl sites for hydroxylation is 1. The minimum Gasteiger partial charge on any atom is -0.330 e. The summed E-state index contributed by atoms with van der Waals surface area (Å²) in [4.78, 5) is 0. The lowest BCUT2D eigenvalue weighted by atomic mass is 9.98. The monoisotopic (exact) mass is 175 g/mol. The molecule has 0 amide bonds. The average molecular weight is 175 g/mol. The van der Waals surface area contributed by atoms with E-state index in [4.69, 9.17) is 5.73 Å². The summed E-state index contributed by atoms with van der Waals surface area (Å²) in [6.45, 7) is 5.30. The fourth-order valence-electron chi connectivity index (χ4n) is 2.63. The van der Waals surface area contributed by atoms with Gasteiger partial charge in [-0.1, -0.05) is 25.1 Å². The summed E-state index contributed by atoms with van der Waals surface area (Å²) < 4.78 is 0. The van der Waals surface area contributed by atoms with E-state index in [1.165, 1.54) is 17.5 Å². The number of benzene rings is 1. The highest BCUT2D eigenvalue weighted by molar-refractivity contribution is 5.43. The highest BCUT2D eigenvalue weighted by Crippen LogP contribution is 2.42. The molecule has 0 aliphatic heterocycles. The van der Waals surface area contributed by atoms with Gasteiger partial charge in [-0.05, 0) is 48.4 Å². The molecule has 0 radical (unpaired) electrons. The van der Waals surface area contributed by atoms with Crippen LogP contribution in [0.1, 0.15) is 41.9 Å². The minimum absolute atomic E-state index is 0.602. The smallest absolute Gasteiger partial charge is 0.000791 e. The first-order valence-corrected chi connectivity index (χ1v) is 5.03. The molecule has 0 saturated carbocycles. The fourth-order valence-corrected chi connectivity index (χ4v) is 2.63. The first-order chi connectivity index (χ1) is 6.24. The molecule has 0 spiro atoms. The Bertz CT molecular complexity index is 317. The molecule has 2 N–H and O–H groups in total. The Morgan fingerprint density at radius 3 is 2.92 bits per heavy atom. The largest absolute Gasteiger partial charge is 0.330 e. The molecule has 2 unspecified atom stereocenters.